The molecule has 7 aliphatic heterocycles. The SMILES string of the molecule is O=C1NC(=O)C2=C1c1c([nH]c3ccccc13)CCCCCc1[nH]c3ccccc3c1C1=C(C(=O)NC1=O)N1CCC(CCCCCCC3CCN2CC3)CC1. The van der Waals surface area contributed by atoms with Crippen LogP contribution in [0.4, 0.5) is 0 Å². The van der Waals surface area contributed by atoms with Crippen LogP contribution in [0.5, 0.6) is 0 Å². The highest BCUT2D eigenvalue weighted by Crippen LogP contribution is 2.39. The Balaban J connectivity index is 1.03. The van der Waals surface area contributed by atoms with E-state index in [1.165, 1.54) is 38.5 Å². The monoisotopic (exact) mass is 740 g/mol. The van der Waals surface area contributed by atoms with Crippen molar-refractivity contribution < 1.29 is 19.2 Å². The van der Waals surface area contributed by atoms with Crippen molar-refractivity contribution in [3.8, 4) is 0 Å². The number of carbonyl (C=O) groups is 4. The molecule has 4 N–H and O–H groups in total. The van der Waals surface area contributed by atoms with Crippen molar-refractivity contribution in [1.29, 1.82) is 0 Å². The molecule has 4 amide bonds. The van der Waals surface area contributed by atoms with Crippen LogP contribution in [0.2, 0.25) is 0 Å². The number of fused-ring (bicyclic) bond motifs is 4. The zero-order valence-electron chi connectivity index (χ0n) is 31.7. The van der Waals surface area contributed by atoms with Gasteiger partial charge in [0.25, 0.3) is 23.6 Å². The predicted octanol–water partition coefficient (Wildman–Crippen LogP) is 7.12. The van der Waals surface area contributed by atoms with E-state index in [9.17, 15) is 19.2 Å². The number of aromatic nitrogens is 2. The van der Waals surface area contributed by atoms with Crippen molar-refractivity contribution in [2.45, 2.75) is 96.3 Å². The number of nitrogens with one attached hydrogen (secondary N) is 4. The van der Waals surface area contributed by atoms with E-state index in [2.05, 4.69) is 30.4 Å². The lowest BCUT2D eigenvalue weighted by molar-refractivity contribution is -0.126. The Bertz CT molecular complexity index is 2070. The van der Waals surface area contributed by atoms with Crippen LogP contribution in [-0.4, -0.2) is 69.6 Å². The summed E-state index contributed by atoms with van der Waals surface area (Å²) in [6, 6.07) is 16.2. The third kappa shape index (κ3) is 6.78. The van der Waals surface area contributed by atoms with Gasteiger partial charge in [-0.3, -0.25) is 29.8 Å². The number of imide groups is 2. The third-order valence-electron chi connectivity index (χ3n) is 13.1. The van der Waals surface area contributed by atoms with E-state index < -0.39 is 0 Å². The molecule has 10 heteroatoms. The van der Waals surface area contributed by atoms with Gasteiger partial charge in [0, 0.05) is 70.5 Å². The van der Waals surface area contributed by atoms with Crippen LogP contribution in [0.1, 0.15) is 106 Å². The molecule has 55 heavy (non-hydrogen) atoms. The fraction of sp³-hybridized carbons (Fsp3) is 0.467. The van der Waals surface area contributed by atoms with E-state index >= 15 is 0 Å². The molecule has 7 aliphatic rings. The number of rotatable bonds is 0. The topological polar surface area (TPSA) is 130 Å². The molecule has 0 atom stereocenters. The molecule has 0 spiro atoms. The molecule has 0 radical (unpaired) electrons. The van der Waals surface area contributed by atoms with Crippen molar-refractivity contribution in [1.82, 2.24) is 30.4 Å². The van der Waals surface area contributed by atoms with Crippen LogP contribution < -0.4 is 10.6 Å². The minimum atomic E-state index is -0.309. The van der Waals surface area contributed by atoms with Gasteiger partial charge in [-0.05, 0) is 75.3 Å². The minimum Gasteiger partial charge on any atom is -0.366 e. The Morgan fingerprint density at radius 2 is 0.855 bits per heavy atom. The number of benzene rings is 2. The van der Waals surface area contributed by atoms with Crippen LogP contribution in [0.3, 0.4) is 0 Å². The second-order valence-corrected chi connectivity index (χ2v) is 16.5. The highest BCUT2D eigenvalue weighted by atomic mass is 16.2. The van der Waals surface area contributed by atoms with Gasteiger partial charge in [-0.1, -0.05) is 81.3 Å². The van der Waals surface area contributed by atoms with Crippen molar-refractivity contribution >= 4 is 56.6 Å². The van der Waals surface area contributed by atoms with E-state index in [4.69, 9.17) is 0 Å². The van der Waals surface area contributed by atoms with Crippen LogP contribution in [0.15, 0.2) is 59.9 Å². The molecular weight excluding hydrogens is 689 g/mol. The first-order chi connectivity index (χ1) is 26.9. The standard InChI is InChI=1S/C45H52N6O4/c52-42-38-36-30-14-8-10-16-32(30)46-34(36)18-6-3-7-19-35-37(31-15-9-11-17-33(31)47-35)39-41(45(55)49-43(39)53)51-26-22-29(23-27-51)13-5-2-1-4-12-28-20-24-50(25-21-28)40(38)44(54)48-42/h8-11,14-17,28-29,46-47H,1-7,12-13,18-27H2,(H,48,52,54)(H,49,53,55). The van der Waals surface area contributed by atoms with E-state index in [0.717, 1.165) is 128 Å². The molecule has 0 saturated carbocycles. The molecule has 9 heterocycles. The Labute approximate surface area is 322 Å². The minimum absolute atomic E-state index is 0.283. The van der Waals surface area contributed by atoms with Gasteiger partial charge in [-0.25, -0.2) is 0 Å². The second kappa shape index (κ2) is 15.2. The maximum absolute atomic E-state index is 13.6. The number of hydrogen-bond acceptors (Lipinski definition) is 6. The predicted molar refractivity (Wildman–Crippen MR) is 214 cm³/mol. The number of carbonyl (C=O) groups excluding carboxylic acids is 4. The van der Waals surface area contributed by atoms with Crippen LogP contribution in [0.25, 0.3) is 33.0 Å². The quantitative estimate of drug-likeness (QED) is 0.142. The van der Waals surface area contributed by atoms with Gasteiger partial charge < -0.3 is 19.8 Å². The molecule has 286 valence electrons. The fourth-order valence-corrected chi connectivity index (χ4v) is 10.2. The van der Waals surface area contributed by atoms with Crippen LogP contribution >= 0.6 is 0 Å². The lowest BCUT2D eigenvalue weighted by Gasteiger charge is -2.34. The number of aryl methyl sites for hydroxylation is 2. The number of aromatic amines is 2. The number of nitrogens with zero attached hydrogens (tertiary/aromatic N) is 2. The number of piperidine rings is 2. The van der Waals surface area contributed by atoms with E-state index in [1.54, 1.807) is 0 Å². The molecule has 0 aliphatic carbocycles. The van der Waals surface area contributed by atoms with Crippen LogP contribution in [0, 0.1) is 11.8 Å². The summed E-state index contributed by atoms with van der Waals surface area (Å²) in [5, 5.41) is 7.25. The fourth-order valence-electron chi connectivity index (χ4n) is 10.2. The molecule has 2 aromatic carbocycles. The molecule has 4 bridgehead atoms. The van der Waals surface area contributed by atoms with E-state index in [-0.39, 0.29) is 23.6 Å². The molecule has 2 saturated heterocycles. The van der Waals surface area contributed by atoms with Crippen molar-refractivity contribution in [3.05, 3.63) is 82.4 Å². The summed E-state index contributed by atoms with van der Waals surface area (Å²) in [6.07, 6.45) is 15.6. The van der Waals surface area contributed by atoms with Gasteiger partial charge in [-0.2, -0.15) is 0 Å². The first-order valence-corrected chi connectivity index (χ1v) is 20.8. The molecule has 2 aromatic heterocycles. The molecular formula is C45H52N6O4. The van der Waals surface area contributed by atoms with E-state index in [0.29, 0.717) is 34.4 Å². The Hall–Kier alpha value is -5.12. The van der Waals surface area contributed by atoms with E-state index in [1.807, 2.05) is 48.5 Å². The maximum Gasteiger partial charge on any atom is 0.275 e. The maximum atomic E-state index is 13.6. The average Bonchev–Trinajstić information content (AvgIpc) is 3.91. The largest absolute Gasteiger partial charge is 0.366 e. The number of para-hydroxylation sites is 2. The van der Waals surface area contributed by atoms with Gasteiger partial charge in [-0.15, -0.1) is 0 Å². The zero-order chi connectivity index (χ0) is 37.5. The summed E-state index contributed by atoms with van der Waals surface area (Å²) in [5.74, 6) is 0.111. The van der Waals surface area contributed by atoms with Gasteiger partial charge in [0.2, 0.25) is 0 Å². The summed E-state index contributed by atoms with van der Waals surface area (Å²) >= 11 is 0. The summed E-state index contributed by atoms with van der Waals surface area (Å²) < 4.78 is 0. The Kier molecular flexibility index (Phi) is 9.83. The highest BCUT2D eigenvalue weighted by molar-refractivity contribution is 6.38. The first kappa shape index (κ1) is 35.6. The molecule has 0 unspecified atom stereocenters. The van der Waals surface area contributed by atoms with Crippen molar-refractivity contribution in [3.63, 3.8) is 0 Å². The summed E-state index contributed by atoms with van der Waals surface area (Å²) in [7, 11) is 0. The Morgan fingerprint density at radius 1 is 0.455 bits per heavy atom. The summed E-state index contributed by atoms with van der Waals surface area (Å²) in [6.45, 7) is 3.17. The average molecular weight is 741 g/mol. The molecule has 4 aromatic rings. The number of amides is 4. The lowest BCUT2D eigenvalue weighted by Crippen LogP contribution is -2.37. The van der Waals surface area contributed by atoms with Gasteiger partial charge in [0.15, 0.2) is 0 Å². The van der Waals surface area contributed by atoms with Gasteiger partial charge >= 0.3 is 0 Å². The summed E-state index contributed by atoms with van der Waals surface area (Å²) in [4.78, 5) is 65.8. The summed E-state index contributed by atoms with van der Waals surface area (Å²) in [5.41, 5.74) is 7.68. The number of hydrogen-bond donors (Lipinski definition) is 4. The molecule has 11 rings (SSSR count). The Morgan fingerprint density at radius 3 is 1.29 bits per heavy atom. The smallest absolute Gasteiger partial charge is 0.275 e. The molecule has 10 nitrogen and oxygen atoms in total. The molecule has 2 fully saturated rings. The van der Waals surface area contributed by atoms with Gasteiger partial charge in [0.1, 0.15) is 11.4 Å². The van der Waals surface area contributed by atoms with Crippen LogP contribution in [-0.2, 0) is 32.0 Å². The third-order valence-corrected chi connectivity index (χ3v) is 13.1. The van der Waals surface area contributed by atoms with Gasteiger partial charge in [0.05, 0.1) is 11.1 Å². The normalized spacial score (nSPS) is 23.6. The van der Waals surface area contributed by atoms with Crippen molar-refractivity contribution in [2.24, 2.45) is 11.8 Å². The van der Waals surface area contributed by atoms with Crippen molar-refractivity contribution in [2.75, 3.05) is 26.2 Å². The lowest BCUT2D eigenvalue weighted by atomic mass is 9.88. The first-order valence-electron chi connectivity index (χ1n) is 20.8. The highest BCUT2D eigenvalue weighted by Gasteiger charge is 2.40. The zero-order valence-corrected chi connectivity index (χ0v) is 31.7. The number of H-pyrrole nitrogens is 2. The second-order valence-electron chi connectivity index (χ2n) is 16.5.